The van der Waals surface area contributed by atoms with Crippen molar-refractivity contribution < 1.29 is 28.4 Å². The van der Waals surface area contributed by atoms with E-state index < -0.39 is 0 Å². The summed E-state index contributed by atoms with van der Waals surface area (Å²) in [6.45, 7) is 4.09. The van der Waals surface area contributed by atoms with E-state index in [9.17, 15) is 0 Å². The molecule has 0 amide bonds. The summed E-state index contributed by atoms with van der Waals surface area (Å²) in [4.78, 5) is 0. The molecule has 2 unspecified atom stereocenters. The maximum atomic E-state index is 5.61. The number of rotatable bonds is 12. The fourth-order valence-electron chi connectivity index (χ4n) is 2.45. The molecular formula is C21H24O6. The molecule has 0 aromatic heterocycles. The Labute approximate surface area is 158 Å². The average molecular weight is 372 g/mol. The smallest absolute Gasteiger partial charge is 0.147 e. The van der Waals surface area contributed by atoms with Gasteiger partial charge in [-0.3, -0.25) is 0 Å². The van der Waals surface area contributed by atoms with Crippen LogP contribution in [0.5, 0.6) is 11.5 Å². The van der Waals surface area contributed by atoms with Crippen LogP contribution in [0.1, 0.15) is 11.1 Å². The lowest BCUT2D eigenvalue weighted by atomic mass is 10.2. The van der Waals surface area contributed by atoms with E-state index in [1.54, 1.807) is 0 Å². The molecule has 2 aliphatic rings. The zero-order chi connectivity index (χ0) is 18.3. The average Bonchev–Trinajstić information content (AvgIpc) is 3.61. The molecule has 2 aromatic rings. The summed E-state index contributed by atoms with van der Waals surface area (Å²) in [5.74, 6) is 1.70. The van der Waals surface area contributed by atoms with Crippen LogP contribution in [0.3, 0.4) is 0 Å². The van der Waals surface area contributed by atoms with Crippen LogP contribution in [0.25, 0.3) is 0 Å². The van der Waals surface area contributed by atoms with Gasteiger partial charge in [-0.05, 0) is 35.4 Å². The SMILES string of the molecule is c1cc(OCC2CO2)ccc1COCOCc1ccc(OCC2CO2)cc1. The summed E-state index contributed by atoms with van der Waals surface area (Å²) in [5, 5.41) is 0. The second-order valence-electron chi connectivity index (χ2n) is 6.64. The van der Waals surface area contributed by atoms with Crippen LogP contribution < -0.4 is 9.47 Å². The molecule has 144 valence electrons. The summed E-state index contributed by atoms with van der Waals surface area (Å²) in [6, 6.07) is 15.8. The number of ether oxygens (including phenoxy) is 6. The van der Waals surface area contributed by atoms with Gasteiger partial charge in [0.05, 0.1) is 26.4 Å². The van der Waals surface area contributed by atoms with Crippen LogP contribution in [0.4, 0.5) is 0 Å². The molecule has 2 atom stereocenters. The molecule has 0 saturated carbocycles. The van der Waals surface area contributed by atoms with Gasteiger partial charge in [-0.25, -0.2) is 0 Å². The quantitative estimate of drug-likeness (QED) is 0.324. The molecule has 2 fully saturated rings. The van der Waals surface area contributed by atoms with Gasteiger partial charge in [0, 0.05) is 0 Å². The number of benzene rings is 2. The molecule has 0 spiro atoms. The van der Waals surface area contributed by atoms with Gasteiger partial charge in [-0.15, -0.1) is 0 Å². The highest BCUT2D eigenvalue weighted by Crippen LogP contribution is 2.17. The van der Waals surface area contributed by atoms with E-state index in [1.165, 1.54) is 0 Å². The van der Waals surface area contributed by atoms with E-state index >= 15 is 0 Å². The molecule has 2 heterocycles. The van der Waals surface area contributed by atoms with E-state index in [0.717, 1.165) is 35.8 Å². The van der Waals surface area contributed by atoms with Crippen LogP contribution in [-0.2, 0) is 32.2 Å². The first-order valence-corrected chi connectivity index (χ1v) is 9.17. The monoisotopic (exact) mass is 372 g/mol. The molecule has 2 aromatic carbocycles. The van der Waals surface area contributed by atoms with Crippen molar-refractivity contribution in [3.63, 3.8) is 0 Å². The van der Waals surface area contributed by atoms with Crippen molar-refractivity contribution in [1.82, 2.24) is 0 Å². The third-order valence-corrected chi connectivity index (χ3v) is 4.23. The van der Waals surface area contributed by atoms with Crippen LogP contribution in [-0.4, -0.2) is 45.4 Å². The maximum Gasteiger partial charge on any atom is 0.147 e. The normalized spacial score (nSPS) is 20.3. The van der Waals surface area contributed by atoms with E-state index in [4.69, 9.17) is 28.4 Å². The van der Waals surface area contributed by atoms with Crippen LogP contribution in [0, 0.1) is 0 Å². The molecule has 0 bridgehead atoms. The Bertz CT molecular complexity index is 630. The Balaban J connectivity index is 1.08. The van der Waals surface area contributed by atoms with E-state index in [-0.39, 0.29) is 19.0 Å². The molecular weight excluding hydrogens is 348 g/mol. The number of hydrogen-bond donors (Lipinski definition) is 0. The molecule has 0 radical (unpaired) electrons. The van der Waals surface area contributed by atoms with Gasteiger partial charge in [0.1, 0.15) is 43.7 Å². The first kappa shape index (κ1) is 18.3. The zero-order valence-corrected chi connectivity index (χ0v) is 15.2. The van der Waals surface area contributed by atoms with E-state index in [0.29, 0.717) is 26.4 Å². The highest BCUT2D eigenvalue weighted by atomic mass is 16.7. The lowest BCUT2D eigenvalue weighted by Gasteiger charge is -2.08. The Morgan fingerprint density at radius 2 is 1.07 bits per heavy atom. The topological polar surface area (TPSA) is 62.0 Å². The van der Waals surface area contributed by atoms with Gasteiger partial charge in [0.2, 0.25) is 0 Å². The predicted octanol–water partition coefficient (Wildman–Crippen LogP) is 2.93. The van der Waals surface area contributed by atoms with Crippen molar-refractivity contribution in [1.29, 1.82) is 0 Å². The lowest BCUT2D eigenvalue weighted by molar-refractivity contribution is -0.0689. The van der Waals surface area contributed by atoms with Crippen molar-refractivity contribution in [3.05, 3.63) is 59.7 Å². The van der Waals surface area contributed by atoms with Crippen LogP contribution in [0.15, 0.2) is 48.5 Å². The fraction of sp³-hybridized carbons (Fsp3) is 0.429. The summed E-state index contributed by atoms with van der Waals surface area (Å²) in [7, 11) is 0. The van der Waals surface area contributed by atoms with Crippen molar-refractivity contribution in [2.75, 3.05) is 33.2 Å². The molecule has 4 rings (SSSR count). The molecule has 0 N–H and O–H groups in total. The summed E-state index contributed by atoms with van der Waals surface area (Å²) < 4.78 is 32.6. The Morgan fingerprint density at radius 3 is 1.44 bits per heavy atom. The third kappa shape index (κ3) is 6.52. The Kier molecular flexibility index (Phi) is 6.21. The number of hydrogen-bond acceptors (Lipinski definition) is 6. The van der Waals surface area contributed by atoms with E-state index in [2.05, 4.69) is 0 Å². The van der Waals surface area contributed by atoms with Crippen LogP contribution in [0.2, 0.25) is 0 Å². The molecule has 6 heteroatoms. The maximum absolute atomic E-state index is 5.61. The highest BCUT2D eigenvalue weighted by Gasteiger charge is 2.23. The molecule has 2 saturated heterocycles. The largest absolute Gasteiger partial charge is 0.491 e. The zero-order valence-electron chi connectivity index (χ0n) is 15.2. The van der Waals surface area contributed by atoms with Gasteiger partial charge in [-0.1, -0.05) is 24.3 Å². The molecule has 2 aliphatic heterocycles. The fourth-order valence-corrected chi connectivity index (χ4v) is 2.45. The van der Waals surface area contributed by atoms with Crippen molar-refractivity contribution in [3.8, 4) is 11.5 Å². The van der Waals surface area contributed by atoms with E-state index in [1.807, 2.05) is 48.5 Å². The number of epoxide rings is 2. The highest BCUT2D eigenvalue weighted by molar-refractivity contribution is 5.27. The predicted molar refractivity (Wildman–Crippen MR) is 97.8 cm³/mol. The minimum atomic E-state index is 0.245. The molecule has 0 aliphatic carbocycles. The first-order valence-electron chi connectivity index (χ1n) is 9.17. The summed E-state index contributed by atoms with van der Waals surface area (Å²) >= 11 is 0. The molecule has 6 nitrogen and oxygen atoms in total. The van der Waals surface area contributed by atoms with Gasteiger partial charge in [0.15, 0.2) is 0 Å². The van der Waals surface area contributed by atoms with Crippen molar-refractivity contribution in [2.24, 2.45) is 0 Å². The van der Waals surface area contributed by atoms with Gasteiger partial charge < -0.3 is 28.4 Å². The van der Waals surface area contributed by atoms with Crippen LogP contribution >= 0.6 is 0 Å². The second kappa shape index (κ2) is 9.19. The van der Waals surface area contributed by atoms with Crippen molar-refractivity contribution >= 4 is 0 Å². The van der Waals surface area contributed by atoms with Gasteiger partial charge in [-0.2, -0.15) is 0 Å². The Hall–Kier alpha value is -2.12. The summed E-state index contributed by atoms with van der Waals surface area (Å²) in [6.07, 6.45) is 0.539. The summed E-state index contributed by atoms with van der Waals surface area (Å²) in [5.41, 5.74) is 2.16. The Morgan fingerprint density at radius 1 is 0.667 bits per heavy atom. The minimum Gasteiger partial charge on any atom is -0.491 e. The van der Waals surface area contributed by atoms with Crippen molar-refractivity contribution in [2.45, 2.75) is 25.4 Å². The van der Waals surface area contributed by atoms with Gasteiger partial charge in [0.25, 0.3) is 0 Å². The second-order valence-corrected chi connectivity index (χ2v) is 6.64. The first-order chi connectivity index (χ1) is 13.3. The minimum absolute atomic E-state index is 0.245. The standard InChI is InChI=1S/C21H24O6/c1-5-18(24-11-20-13-26-20)6-2-16(1)9-22-15-23-10-17-3-7-19(8-4-17)25-12-21-14-27-21/h1-8,20-21H,9-15H2. The third-order valence-electron chi connectivity index (χ3n) is 4.23. The molecule has 27 heavy (non-hydrogen) atoms. The van der Waals surface area contributed by atoms with Gasteiger partial charge >= 0.3 is 0 Å². The lowest BCUT2D eigenvalue weighted by Crippen LogP contribution is -2.04.